The fourth-order valence-electron chi connectivity index (χ4n) is 3.27. The Hall–Kier alpha value is -0.970. The van der Waals surface area contributed by atoms with Crippen LogP contribution in [0.1, 0.15) is 43.0 Å². The number of carbonyl (C=O) groups is 1. The van der Waals surface area contributed by atoms with Gasteiger partial charge in [0.2, 0.25) is 0 Å². The number of rotatable bonds is 7. The van der Waals surface area contributed by atoms with Crippen molar-refractivity contribution in [3.05, 3.63) is 29.8 Å². The molecule has 1 unspecified atom stereocenters. The van der Waals surface area contributed by atoms with Gasteiger partial charge in [-0.2, -0.15) is 0 Å². The lowest BCUT2D eigenvalue weighted by Gasteiger charge is -2.33. The van der Waals surface area contributed by atoms with E-state index in [-0.39, 0.29) is 30.7 Å². The third kappa shape index (κ3) is 7.04. The normalized spacial score (nSPS) is 16.6. The van der Waals surface area contributed by atoms with E-state index >= 15 is 0 Å². The number of benzene rings is 1. The molecule has 0 saturated carbocycles. The lowest BCUT2D eigenvalue weighted by molar-refractivity contribution is 0.0674. The zero-order valence-corrected chi connectivity index (χ0v) is 17.3. The van der Waals surface area contributed by atoms with Crippen molar-refractivity contribution in [2.45, 2.75) is 32.6 Å². The average Bonchev–Trinajstić information content (AvgIpc) is 2.59. The Balaban J connectivity index is 0.00000288. The number of halogens is 2. The highest BCUT2D eigenvalue weighted by molar-refractivity contribution is 5.94. The Labute approximate surface area is 165 Å². The second-order valence-electron chi connectivity index (χ2n) is 6.64. The number of piperidine rings is 1. The molecule has 6 heteroatoms. The lowest BCUT2D eigenvalue weighted by atomic mass is 9.97. The predicted molar refractivity (Wildman–Crippen MR) is 112 cm³/mol. The van der Waals surface area contributed by atoms with Gasteiger partial charge in [0.1, 0.15) is 0 Å². The van der Waals surface area contributed by atoms with Crippen LogP contribution in [0.15, 0.2) is 24.3 Å². The van der Waals surface area contributed by atoms with E-state index in [1.54, 1.807) is 0 Å². The van der Waals surface area contributed by atoms with Crippen molar-refractivity contribution in [2.24, 2.45) is 5.92 Å². The molecular formula is C19H33Cl2N3O. The minimum atomic E-state index is 0. The van der Waals surface area contributed by atoms with E-state index in [1.165, 1.54) is 24.9 Å². The van der Waals surface area contributed by atoms with Crippen LogP contribution in [-0.2, 0) is 0 Å². The first-order chi connectivity index (χ1) is 11.2. The Morgan fingerprint density at radius 3 is 2.56 bits per heavy atom. The molecule has 1 aliphatic heterocycles. The second-order valence-corrected chi connectivity index (χ2v) is 6.64. The number of nitrogens with zero attached hydrogens (tertiary/aromatic N) is 2. The van der Waals surface area contributed by atoms with E-state index in [0.29, 0.717) is 5.92 Å². The molecule has 0 spiro atoms. The van der Waals surface area contributed by atoms with Gasteiger partial charge in [0.05, 0.1) is 0 Å². The van der Waals surface area contributed by atoms with E-state index in [0.717, 1.165) is 38.2 Å². The lowest BCUT2D eigenvalue weighted by Crippen LogP contribution is -2.42. The molecule has 1 amide bonds. The van der Waals surface area contributed by atoms with Crippen molar-refractivity contribution in [3.63, 3.8) is 0 Å². The zero-order chi connectivity index (χ0) is 16.7. The molecule has 1 heterocycles. The summed E-state index contributed by atoms with van der Waals surface area (Å²) in [5.74, 6) is 0.755. The first-order valence-corrected chi connectivity index (χ1v) is 8.90. The maximum atomic E-state index is 12.7. The van der Waals surface area contributed by atoms with Gasteiger partial charge < -0.3 is 15.1 Å². The van der Waals surface area contributed by atoms with Gasteiger partial charge in [-0.05, 0) is 63.0 Å². The number of hydrogen-bond acceptors (Lipinski definition) is 3. The Morgan fingerprint density at radius 2 is 1.96 bits per heavy atom. The van der Waals surface area contributed by atoms with E-state index in [9.17, 15) is 4.79 Å². The Bertz CT molecular complexity index is 494. The first-order valence-electron chi connectivity index (χ1n) is 8.90. The predicted octanol–water partition coefficient (Wildman–Crippen LogP) is 3.84. The molecule has 1 N–H and O–H groups in total. The van der Waals surface area contributed by atoms with Crippen molar-refractivity contribution in [1.82, 2.24) is 10.2 Å². The first kappa shape index (κ1) is 24.0. The van der Waals surface area contributed by atoms with Crippen molar-refractivity contribution in [1.29, 1.82) is 0 Å². The highest BCUT2D eigenvalue weighted by atomic mass is 35.5. The molecule has 0 aromatic heterocycles. The van der Waals surface area contributed by atoms with Gasteiger partial charge >= 0.3 is 0 Å². The van der Waals surface area contributed by atoms with E-state index in [4.69, 9.17) is 0 Å². The molecular weight excluding hydrogens is 357 g/mol. The molecule has 25 heavy (non-hydrogen) atoms. The van der Waals surface area contributed by atoms with Crippen LogP contribution < -0.4 is 10.2 Å². The molecule has 1 aliphatic rings. The topological polar surface area (TPSA) is 35.6 Å². The summed E-state index contributed by atoms with van der Waals surface area (Å²) in [7, 11) is 4.09. The van der Waals surface area contributed by atoms with Gasteiger partial charge in [-0.1, -0.05) is 13.3 Å². The summed E-state index contributed by atoms with van der Waals surface area (Å²) < 4.78 is 0. The van der Waals surface area contributed by atoms with Crippen LogP contribution in [0.4, 0.5) is 5.69 Å². The van der Waals surface area contributed by atoms with E-state index < -0.39 is 0 Å². The van der Waals surface area contributed by atoms with Crippen molar-refractivity contribution in [3.8, 4) is 0 Å². The third-order valence-corrected chi connectivity index (χ3v) is 4.70. The Morgan fingerprint density at radius 1 is 1.28 bits per heavy atom. The molecule has 144 valence electrons. The van der Waals surface area contributed by atoms with Crippen LogP contribution in [0.5, 0.6) is 0 Å². The maximum absolute atomic E-state index is 12.7. The SMILES string of the molecule is CCCCN(C)c1ccc(C(=O)N2CCCC(CNC)C2)cc1.Cl.Cl. The molecule has 4 nitrogen and oxygen atoms in total. The van der Waals surface area contributed by atoms with Crippen LogP contribution in [0.3, 0.4) is 0 Å². The quantitative estimate of drug-likeness (QED) is 0.769. The highest BCUT2D eigenvalue weighted by Crippen LogP contribution is 2.20. The molecule has 0 bridgehead atoms. The number of unbranched alkanes of at least 4 members (excludes halogenated alkanes) is 1. The molecule has 0 aliphatic carbocycles. The zero-order valence-electron chi connectivity index (χ0n) is 15.7. The number of anilines is 1. The van der Waals surface area contributed by atoms with Gasteiger partial charge in [0, 0.05) is 37.9 Å². The number of carbonyl (C=O) groups excluding carboxylic acids is 1. The minimum Gasteiger partial charge on any atom is -0.375 e. The van der Waals surface area contributed by atoms with Gasteiger partial charge in [-0.3, -0.25) is 4.79 Å². The van der Waals surface area contributed by atoms with Gasteiger partial charge in [-0.25, -0.2) is 0 Å². The summed E-state index contributed by atoms with van der Waals surface area (Å²) in [6.45, 7) is 6.01. The molecule has 1 saturated heterocycles. The highest BCUT2D eigenvalue weighted by Gasteiger charge is 2.24. The second kappa shape index (κ2) is 12.4. The molecule has 1 fully saturated rings. The third-order valence-electron chi connectivity index (χ3n) is 4.70. The smallest absolute Gasteiger partial charge is 0.253 e. The summed E-state index contributed by atoms with van der Waals surface area (Å²) in [4.78, 5) is 17.0. The molecule has 1 aromatic carbocycles. The van der Waals surface area contributed by atoms with Crippen LogP contribution in [-0.4, -0.2) is 51.1 Å². The fraction of sp³-hybridized carbons (Fsp3) is 0.632. The fourth-order valence-corrected chi connectivity index (χ4v) is 3.27. The average molecular weight is 390 g/mol. The number of nitrogens with one attached hydrogen (secondary N) is 1. The summed E-state index contributed by atoms with van der Waals surface area (Å²) in [6.07, 6.45) is 4.71. The standard InChI is InChI=1S/C19H31N3O.2ClH/c1-4-5-12-21(3)18-10-8-17(9-11-18)19(23)22-13-6-7-16(15-22)14-20-2;;/h8-11,16,20H,4-7,12-15H2,1-3H3;2*1H. The summed E-state index contributed by atoms with van der Waals surface area (Å²) in [6, 6.07) is 8.08. The molecule has 1 aromatic rings. The largest absolute Gasteiger partial charge is 0.375 e. The maximum Gasteiger partial charge on any atom is 0.253 e. The summed E-state index contributed by atoms with van der Waals surface area (Å²) >= 11 is 0. The van der Waals surface area contributed by atoms with Crippen LogP contribution in [0.2, 0.25) is 0 Å². The monoisotopic (exact) mass is 389 g/mol. The van der Waals surface area contributed by atoms with Gasteiger partial charge in [0.15, 0.2) is 0 Å². The summed E-state index contributed by atoms with van der Waals surface area (Å²) in [5, 5.41) is 3.23. The van der Waals surface area contributed by atoms with Gasteiger partial charge in [-0.15, -0.1) is 24.8 Å². The van der Waals surface area contributed by atoms with Gasteiger partial charge in [0.25, 0.3) is 5.91 Å². The number of amides is 1. The number of hydrogen-bond donors (Lipinski definition) is 1. The van der Waals surface area contributed by atoms with Crippen LogP contribution in [0, 0.1) is 5.92 Å². The molecule has 1 atom stereocenters. The van der Waals surface area contributed by atoms with Crippen LogP contribution in [0.25, 0.3) is 0 Å². The summed E-state index contributed by atoms with van der Waals surface area (Å²) in [5.41, 5.74) is 1.99. The Kier molecular flexibility index (Phi) is 11.9. The molecule has 2 rings (SSSR count). The minimum absolute atomic E-state index is 0. The van der Waals surface area contributed by atoms with Crippen molar-refractivity contribution < 1.29 is 4.79 Å². The van der Waals surface area contributed by atoms with E-state index in [2.05, 4.69) is 36.3 Å². The van der Waals surface area contributed by atoms with E-state index in [1.807, 2.05) is 24.1 Å². The number of likely N-dealkylation sites (tertiary alicyclic amines) is 1. The van der Waals surface area contributed by atoms with Crippen molar-refractivity contribution >= 4 is 36.4 Å². The molecule has 0 radical (unpaired) electrons. The van der Waals surface area contributed by atoms with Crippen molar-refractivity contribution in [2.75, 3.05) is 45.2 Å². The van der Waals surface area contributed by atoms with Crippen LogP contribution >= 0.6 is 24.8 Å².